The van der Waals surface area contributed by atoms with E-state index in [2.05, 4.69) is 15.3 Å². The molecule has 0 fully saturated rings. The van der Waals surface area contributed by atoms with Crippen LogP contribution in [-0.2, 0) is 6.61 Å². The SMILES string of the molecule is Cc1cccc(OCc2nn3c(-c4ccc(Cl)cc4)nnc3s2)c1. The lowest BCUT2D eigenvalue weighted by Crippen LogP contribution is -1.97. The van der Waals surface area contributed by atoms with Crippen molar-refractivity contribution in [2.24, 2.45) is 0 Å². The molecule has 0 atom stereocenters. The summed E-state index contributed by atoms with van der Waals surface area (Å²) in [7, 11) is 0. The van der Waals surface area contributed by atoms with Gasteiger partial charge in [0.15, 0.2) is 10.8 Å². The van der Waals surface area contributed by atoms with E-state index in [9.17, 15) is 0 Å². The van der Waals surface area contributed by atoms with Crippen LogP contribution in [0.3, 0.4) is 0 Å². The maximum atomic E-state index is 5.93. The molecular formula is C17H13ClN4OS. The van der Waals surface area contributed by atoms with E-state index >= 15 is 0 Å². The van der Waals surface area contributed by atoms with Crippen LogP contribution in [0.2, 0.25) is 5.02 Å². The van der Waals surface area contributed by atoms with Crippen LogP contribution in [0.15, 0.2) is 48.5 Å². The molecule has 0 unspecified atom stereocenters. The van der Waals surface area contributed by atoms with Crippen LogP contribution in [0.4, 0.5) is 0 Å². The van der Waals surface area contributed by atoms with Crippen molar-refractivity contribution in [3.05, 3.63) is 64.1 Å². The molecule has 0 aliphatic carbocycles. The Morgan fingerprint density at radius 1 is 1.12 bits per heavy atom. The van der Waals surface area contributed by atoms with Gasteiger partial charge < -0.3 is 4.74 Å². The lowest BCUT2D eigenvalue weighted by Gasteiger charge is -2.04. The molecule has 0 saturated carbocycles. The van der Waals surface area contributed by atoms with Gasteiger partial charge in [-0.25, -0.2) is 0 Å². The lowest BCUT2D eigenvalue weighted by atomic mass is 10.2. The van der Waals surface area contributed by atoms with Crippen molar-refractivity contribution in [2.45, 2.75) is 13.5 Å². The maximum Gasteiger partial charge on any atom is 0.235 e. The zero-order valence-electron chi connectivity index (χ0n) is 12.8. The fourth-order valence-corrected chi connectivity index (χ4v) is 3.22. The van der Waals surface area contributed by atoms with E-state index in [0.29, 0.717) is 17.5 Å². The van der Waals surface area contributed by atoms with Gasteiger partial charge in [0.2, 0.25) is 4.96 Å². The van der Waals surface area contributed by atoms with Gasteiger partial charge in [0.05, 0.1) is 0 Å². The van der Waals surface area contributed by atoms with Crippen molar-refractivity contribution < 1.29 is 4.74 Å². The highest BCUT2D eigenvalue weighted by atomic mass is 35.5. The van der Waals surface area contributed by atoms with Crippen LogP contribution < -0.4 is 4.74 Å². The fourth-order valence-electron chi connectivity index (χ4n) is 2.34. The third-order valence-electron chi connectivity index (χ3n) is 3.49. The molecule has 0 N–H and O–H groups in total. The van der Waals surface area contributed by atoms with Crippen molar-refractivity contribution in [3.8, 4) is 17.1 Å². The van der Waals surface area contributed by atoms with Gasteiger partial charge in [-0.1, -0.05) is 35.1 Å². The minimum Gasteiger partial charge on any atom is -0.486 e. The van der Waals surface area contributed by atoms with Crippen molar-refractivity contribution in [1.82, 2.24) is 19.8 Å². The molecular weight excluding hydrogens is 344 g/mol. The second kappa shape index (κ2) is 6.22. The molecule has 7 heteroatoms. The number of fused-ring (bicyclic) bond motifs is 1. The number of ether oxygens (including phenoxy) is 1. The Morgan fingerprint density at radius 2 is 1.96 bits per heavy atom. The summed E-state index contributed by atoms with van der Waals surface area (Å²) in [6.45, 7) is 2.44. The quantitative estimate of drug-likeness (QED) is 0.544. The normalized spacial score (nSPS) is 11.1. The molecule has 5 nitrogen and oxygen atoms in total. The summed E-state index contributed by atoms with van der Waals surface area (Å²) in [4.78, 5) is 0.739. The molecule has 4 rings (SSSR count). The van der Waals surface area contributed by atoms with Gasteiger partial charge in [-0.2, -0.15) is 9.61 Å². The lowest BCUT2D eigenvalue weighted by molar-refractivity contribution is 0.304. The van der Waals surface area contributed by atoms with E-state index in [0.717, 1.165) is 26.8 Å². The highest BCUT2D eigenvalue weighted by molar-refractivity contribution is 7.16. The largest absolute Gasteiger partial charge is 0.486 e. The molecule has 0 spiro atoms. The van der Waals surface area contributed by atoms with Crippen molar-refractivity contribution in [1.29, 1.82) is 0 Å². The predicted octanol–water partition coefficient (Wildman–Crippen LogP) is 4.39. The van der Waals surface area contributed by atoms with E-state index in [1.807, 2.05) is 55.5 Å². The zero-order valence-corrected chi connectivity index (χ0v) is 14.4. The van der Waals surface area contributed by atoms with Crippen LogP contribution in [0.5, 0.6) is 5.75 Å². The first-order valence-electron chi connectivity index (χ1n) is 7.35. The van der Waals surface area contributed by atoms with Gasteiger partial charge in [0.25, 0.3) is 0 Å². The highest BCUT2D eigenvalue weighted by Crippen LogP contribution is 2.24. The predicted molar refractivity (Wildman–Crippen MR) is 94.6 cm³/mol. The Morgan fingerprint density at radius 3 is 2.75 bits per heavy atom. The minimum absolute atomic E-state index is 0.400. The Bertz CT molecular complexity index is 993. The smallest absolute Gasteiger partial charge is 0.235 e. The molecule has 2 heterocycles. The van der Waals surface area contributed by atoms with Gasteiger partial charge in [0, 0.05) is 10.6 Å². The summed E-state index contributed by atoms with van der Waals surface area (Å²) in [6, 6.07) is 15.4. The average molecular weight is 357 g/mol. The highest BCUT2D eigenvalue weighted by Gasteiger charge is 2.13. The Kier molecular flexibility index (Phi) is 3.92. The molecule has 24 heavy (non-hydrogen) atoms. The summed E-state index contributed by atoms with van der Waals surface area (Å²) in [6.07, 6.45) is 0. The molecule has 0 radical (unpaired) electrons. The summed E-state index contributed by atoms with van der Waals surface area (Å²) in [5, 5.41) is 14.5. The van der Waals surface area contributed by atoms with E-state index < -0.39 is 0 Å². The van der Waals surface area contributed by atoms with E-state index in [1.54, 1.807) is 4.52 Å². The van der Waals surface area contributed by atoms with Crippen molar-refractivity contribution in [3.63, 3.8) is 0 Å². The fraction of sp³-hybridized carbons (Fsp3) is 0.118. The molecule has 0 amide bonds. The molecule has 0 aliphatic rings. The molecule has 0 bridgehead atoms. The van der Waals surface area contributed by atoms with Gasteiger partial charge in [-0.3, -0.25) is 0 Å². The average Bonchev–Trinajstić information content (AvgIpc) is 3.14. The third kappa shape index (κ3) is 2.98. The number of rotatable bonds is 4. The van der Waals surface area contributed by atoms with Crippen LogP contribution in [0.25, 0.3) is 16.3 Å². The number of hydrogen-bond donors (Lipinski definition) is 0. The van der Waals surface area contributed by atoms with Crippen LogP contribution in [-0.4, -0.2) is 19.8 Å². The number of benzene rings is 2. The second-order valence-corrected chi connectivity index (χ2v) is 6.80. The first-order chi connectivity index (χ1) is 11.7. The first kappa shape index (κ1) is 15.1. The molecule has 2 aromatic carbocycles. The summed E-state index contributed by atoms with van der Waals surface area (Å²) in [5.41, 5.74) is 2.08. The van der Waals surface area contributed by atoms with Gasteiger partial charge in [-0.15, -0.1) is 10.2 Å². The Labute approximate surface area is 147 Å². The number of halogens is 1. The second-order valence-electron chi connectivity index (χ2n) is 5.33. The number of aryl methyl sites for hydroxylation is 1. The molecule has 120 valence electrons. The molecule has 4 aromatic rings. The van der Waals surface area contributed by atoms with E-state index in [-0.39, 0.29) is 0 Å². The number of hydrogen-bond acceptors (Lipinski definition) is 5. The van der Waals surface area contributed by atoms with Crippen LogP contribution in [0, 0.1) is 6.92 Å². The van der Waals surface area contributed by atoms with E-state index in [4.69, 9.17) is 16.3 Å². The van der Waals surface area contributed by atoms with Crippen molar-refractivity contribution >= 4 is 27.9 Å². The summed E-state index contributed by atoms with van der Waals surface area (Å²) in [5.74, 6) is 1.53. The monoisotopic (exact) mass is 356 g/mol. The first-order valence-corrected chi connectivity index (χ1v) is 8.55. The maximum absolute atomic E-state index is 5.93. The Hall–Kier alpha value is -2.44. The summed E-state index contributed by atoms with van der Waals surface area (Å²) < 4.78 is 7.54. The molecule has 2 aromatic heterocycles. The zero-order chi connectivity index (χ0) is 16.5. The van der Waals surface area contributed by atoms with Crippen LogP contribution >= 0.6 is 22.9 Å². The van der Waals surface area contributed by atoms with Crippen molar-refractivity contribution in [2.75, 3.05) is 0 Å². The van der Waals surface area contributed by atoms with Crippen LogP contribution in [0.1, 0.15) is 10.6 Å². The van der Waals surface area contributed by atoms with Gasteiger partial charge in [0.1, 0.15) is 12.4 Å². The third-order valence-corrected chi connectivity index (χ3v) is 4.61. The van der Waals surface area contributed by atoms with E-state index in [1.165, 1.54) is 11.3 Å². The standard InChI is InChI=1S/C17H13ClN4OS/c1-11-3-2-4-14(9-11)23-10-15-21-22-16(19-20-17(22)24-15)12-5-7-13(18)8-6-12/h2-9H,10H2,1H3. The number of aromatic nitrogens is 4. The Balaban J connectivity index is 1.59. The number of nitrogens with zero attached hydrogens (tertiary/aromatic N) is 4. The topological polar surface area (TPSA) is 52.3 Å². The summed E-state index contributed by atoms with van der Waals surface area (Å²) >= 11 is 7.40. The minimum atomic E-state index is 0.400. The van der Waals surface area contributed by atoms with Gasteiger partial charge in [-0.05, 0) is 48.9 Å². The van der Waals surface area contributed by atoms with Gasteiger partial charge >= 0.3 is 0 Å². The molecule has 0 aliphatic heterocycles. The molecule has 0 saturated heterocycles.